The van der Waals surface area contributed by atoms with Crippen molar-refractivity contribution in [3.05, 3.63) is 35.5 Å². The largest absolute Gasteiger partial charge is 0.486 e. The fraction of sp³-hybridized carbons (Fsp3) is 0.444. The van der Waals surface area contributed by atoms with Gasteiger partial charge in [-0.15, -0.1) is 0 Å². The molecule has 27 heavy (non-hydrogen) atoms. The molecule has 142 valence electrons. The van der Waals surface area contributed by atoms with Gasteiger partial charge >= 0.3 is 6.03 Å². The molecule has 3 heterocycles. The lowest BCUT2D eigenvalue weighted by Gasteiger charge is -2.25. The average Bonchev–Trinajstić information content (AvgIpc) is 3.20. The Bertz CT molecular complexity index is 896. The van der Waals surface area contributed by atoms with Gasteiger partial charge in [0.25, 0.3) is 5.91 Å². The molecule has 1 fully saturated rings. The number of aryl methyl sites for hydroxylation is 1. The third-order valence-electron chi connectivity index (χ3n) is 4.67. The van der Waals surface area contributed by atoms with Crippen molar-refractivity contribution in [2.75, 3.05) is 13.2 Å². The molecule has 9 heteroatoms. The van der Waals surface area contributed by atoms with E-state index in [0.717, 1.165) is 11.3 Å². The number of nitrogens with zero attached hydrogens (tertiary/aromatic N) is 3. The minimum atomic E-state index is -1.21. The van der Waals surface area contributed by atoms with Gasteiger partial charge in [0.15, 0.2) is 17.3 Å². The van der Waals surface area contributed by atoms with E-state index in [0.29, 0.717) is 48.4 Å². The zero-order valence-corrected chi connectivity index (χ0v) is 15.2. The molecule has 4 rings (SSSR count). The maximum atomic E-state index is 13.0. The van der Waals surface area contributed by atoms with E-state index in [2.05, 4.69) is 15.5 Å². The fourth-order valence-electron chi connectivity index (χ4n) is 3.20. The molecular formula is C18H20N4O5. The number of amides is 3. The summed E-state index contributed by atoms with van der Waals surface area (Å²) in [5, 5.41) is 6.61. The molecular weight excluding hydrogens is 352 g/mol. The zero-order valence-electron chi connectivity index (χ0n) is 15.2. The van der Waals surface area contributed by atoms with E-state index >= 15 is 0 Å². The molecule has 1 aromatic carbocycles. The highest BCUT2D eigenvalue weighted by Crippen LogP contribution is 2.37. The van der Waals surface area contributed by atoms with Gasteiger partial charge in [-0.1, -0.05) is 18.1 Å². The van der Waals surface area contributed by atoms with Crippen molar-refractivity contribution in [3.63, 3.8) is 0 Å². The predicted octanol–water partition coefficient (Wildman–Crippen LogP) is 1.76. The van der Waals surface area contributed by atoms with Gasteiger partial charge in [-0.05, 0) is 31.0 Å². The van der Waals surface area contributed by atoms with Crippen LogP contribution in [0.1, 0.15) is 37.5 Å². The smallest absolute Gasteiger partial charge is 0.325 e. The van der Waals surface area contributed by atoms with Gasteiger partial charge in [-0.25, -0.2) is 4.79 Å². The van der Waals surface area contributed by atoms with Crippen LogP contribution in [0.15, 0.2) is 22.7 Å². The summed E-state index contributed by atoms with van der Waals surface area (Å²) >= 11 is 0. The molecule has 9 nitrogen and oxygen atoms in total. The normalized spacial score (nSPS) is 21.5. The Balaban J connectivity index is 1.57. The summed E-state index contributed by atoms with van der Waals surface area (Å²) < 4.78 is 16.2. The number of aromatic nitrogens is 2. The first-order valence-electron chi connectivity index (χ1n) is 8.87. The molecule has 0 radical (unpaired) electrons. The molecule has 2 aliphatic rings. The van der Waals surface area contributed by atoms with Crippen molar-refractivity contribution in [3.8, 4) is 11.5 Å². The standard InChI is InChI=1S/C18H20N4O5/c1-3-4-15-19-14(21-27-15)10-22-16(23)18(2,20-17(22)24)11-5-6-12-13(9-11)26-8-7-25-12/h5-6,9H,3-4,7-8,10H2,1-2H3,(H,20,24)/t18-/m0/s1. The van der Waals surface area contributed by atoms with Gasteiger partial charge in [0, 0.05) is 6.42 Å². The number of ether oxygens (including phenoxy) is 2. The lowest BCUT2D eigenvalue weighted by Crippen LogP contribution is -2.41. The van der Waals surface area contributed by atoms with Gasteiger partial charge in [0.05, 0.1) is 6.54 Å². The number of benzene rings is 1. The summed E-state index contributed by atoms with van der Waals surface area (Å²) in [7, 11) is 0. The molecule has 1 aromatic heterocycles. The van der Waals surface area contributed by atoms with Crippen molar-refractivity contribution in [2.45, 2.75) is 38.8 Å². The third-order valence-corrected chi connectivity index (χ3v) is 4.67. The summed E-state index contributed by atoms with van der Waals surface area (Å²) in [5.74, 6) is 1.59. The van der Waals surface area contributed by atoms with E-state index in [-0.39, 0.29) is 12.5 Å². The summed E-state index contributed by atoms with van der Waals surface area (Å²) in [6.45, 7) is 4.55. The monoisotopic (exact) mass is 372 g/mol. The molecule has 1 saturated heterocycles. The van der Waals surface area contributed by atoms with Gasteiger partial charge < -0.3 is 19.3 Å². The number of carbonyl (C=O) groups is 2. The van der Waals surface area contributed by atoms with Crippen LogP contribution in [-0.4, -0.2) is 40.2 Å². The van der Waals surface area contributed by atoms with Crippen molar-refractivity contribution in [1.82, 2.24) is 20.4 Å². The number of nitrogens with one attached hydrogen (secondary N) is 1. The Labute approximate surface area is 155 Å². The van der Waals surface area contributed by atoms with Crippen LogP contribution in [0, 0.1) is 0 Å². The van der Waals surface area contributed by atoms with Crippen molar-refractivity contribution in [2.24, 2.45) is 0 Å². The highest BCUT2D eigenvalue weighted by molar-refractivity contribution is 6.07. The summed E-state index contributed by atoms with van der Waals surface area (Å²) in [4.78, 5) is 30.8. The van der Waals surface area contributed by atoms with E-state index in [1.165, 1.54) is 0 Å². The van der Waals surface area contributed by atoms with Gasteiger partial charge in [0.1, 0.15) is 18.8 Å². The lowest BCUT2D eigenvalue weighted by atomic mass is 9.91. The van der Waals surface area contributed by atoms with Gasteiger partial charge in [0.2, 0.25) is 5.89 Å². The average molecular weight is 372 g/mol. The van der Waals surface area contributed by atoms with Crippen LogP contribution in [0.5, 0.6) is 11.5 Å². The van der Waals surface area contributed by atoms with Crippen LogP contribution >= 0.6 is 0 Å². The molecule has 2 aromatic rings. The van der Waals surface area contributed by atoms with Crippen LogP contribution in [0.4, 0.5) is 4.79 Å². The van der Waals surface area contributed by atoms with Crippen molar-refractivity contribution >= 4 is 11.9 Å². The second kappa shape index (κ2) is 6.57. The third kappa shape index (κ3) is 2.98. The number of rotatable bonds is 5. The number of hydrogen-bond acceptors (Lipinski definition) is 7. The fourth-order valence-corrected chi connectivity index (χ4v) is 3.20. The van der Waals surface area contributed by atoms with E-state index < -0.39 is 11.6 Å². The Morgan fingerprint density at radius 2 is 2.00 bits per heavy atom. The quantitative estimate of drug-likeness (QED) is 0.797. The lowest BCUT2D eigenvalue weighted by molar-refractivity contribution is -0.131. The van der Waals surface area contributed by atoms with Gasteiger partial charge in [-0.3, -0.25) is 9.69 Å². The molecule has 0 aliphatic carbocycles. The highest BCUT2D eigenvalue weighted by atomic mass is 16.6. The number of fused-ring (bicyclic) bond motifs is 1. The SMILES string of the molecule is CCCc1nc(CN2C(=O)N[C@@](C)(c3ccc4c(c3)OCCO4)C2=O)no1. The Morgan fingerprint density at radius 1 is 1.22 bits per heavy atom. The Morgan fingerprint density at radius 3 is 2.78 bits per heavy atom. The molecule has 3 amide bonds. The number of carbonyl (C=O) groups excluding carboxylic acids is 2. The number of hydrogen-bond donors (Lipinski definition) is 1. The van der Waals surface area contributed by atoms with Crippen LogP contribution in [0.2, 0.25) is 0 Å². The Hall–Kier alpha value is -3.10. The van der Waals surface area contributed by atoms with Crippen LogP contribution in [0.25, 0.3) is 0 Å². The number of imide groups is 1. The van der Waals surface area contributed by atoms with E-state index in [9.17, 15) is 9.59 Å². The van der Waals surface area contributed by atoms with E-state index in [4.69, 9.17) is 14.0 Å². The van der Waals surface area contributed by atoms with Gasteiger partial charge in [-0.2, -0.15) is 4.98 Å². The first kappa shape index (κ1) is 17.3. The molecule has 0 unspecified atom stereocenters. The second-order valence-corrected chi connectivity index (χ2v) is 6.66. The molecule has 1 atom stereocenters. The van der Waals surface area contributed by atoms with Crippen LogP contribution in [0.3, 0.4) is 0 Å². The first-order valence-corrected chi connectivity index (χ1v) is 8.87. The predicted molar refractivity (Wildman–Crippen MR) is 92.2 cm³/mol. The summed E-state index contributed by atoms with van der Waals surface area (Å²) in [6, 6.07) is 4.72. The molecule has 0 saturated carbocycles. The molecule has 0 spiro atoms. The molecule has 2 aliphatic heterocycles. The van der Waals surface area contributed by atoms with Crippen molar-refractivity contribution < 1.29 is 23.6 Å². The first-order chi connectivity index (χ1) is 13.0. The maximum Gasteiger partial charge on any atom is 0.325 e. The maximum absolute atomic E-state index is 13.0. The zero-order chi connectivity index (χ0) is 19.0. The van der Waals surface area contributed by atoms with E-state index in [1.807, 2.05) is 6.92 Å². The van der Waals surface area contributed by atoms with Crippen LogP contribution < -0.4 is 14.8 Å². The van der Waals surface area contributed by atoms with Crippen molar-refractivity contribution in [1.29, 1.82) is 0 Å². The van der Waals surface area contributed by atoms with Crippen LogP contribution in [-0.2, 0) is 23.3 Å². The highest BCUT2D eigenvalue weighted by Gasteiger charge is 2.49. The minimum absolute atomic E-state index is 0.0436. The summed E-state index contributed by atoms with van der Waals surface area (Å²) in [6.07, 6.45) is 1.52. The number of urea groups is 1. The van der Waals surface area contributed by atoms with E-state index in [1.54, 1.807) is 25.1 Å². The Kier molecular flexibility index (Phi) is 4.21. The molecule has 0 bridgehead atoms. The minimum Gasteiger partial charge on any atom is -0.486 e. The second-order valence-electron chi connectivity index (χ2n) is 6.66. The molecule has 1 N–H and O–H groups in total. The topological polar surface area (TPSA) is 107 Å². The summed E-state index contributed by atoms with van der Waals surface area (Å²) in [5.41, 5.74) is -0.588.